The largest absolute Gasteiger partial charge is 0.310 e. The third kappa shape index (κ3) is 6.66. The van der Waals surface area contributed by atoms with Crippen molar-refractivity contribution in [3.63, 3.8) is 0 Å². The molecule has 0 heterocycles. The Kier molecular flexibility index (Phi) is 8.95. The van der Waals surface area contributed by atoms with Gasteiger partial charge in [-0.2, -0.15) is 0 Å². The summed E-state index contributed by atoms with van der Waals surface area (Å²) in [6.45, 7) is 0. The van der Waals surface area contributed by atoms with Crippen LogP contribution in [0.5, 0.6) is 0 Å². The Labute approximate surface area is 334 Å². The molecule has 0 bridgehead atoms. The number of fused-ring (bicyclic) bond motifs is 2. The molecule has 1 nitrogen and oxygen atoms in total. The Balaban J connectivity index is 1.08. The average molecular weight is 726 g/mol. The van der Waals surface area contributed by atoms with Crippen molar-refractivity contribution in [3.05, 3.63) is 237 Å². The standard InChI is InChI=1S/C56H39N/c1-2-15-43(16-3-1)53-23-8-9-24-54(53)55-25-10-11-27-56(55)57(50-21-12-20-47(39-50)48-33-30-40-14-4-5-18-46(40)38-48)49-36-34-42(35-37-49)41-28-31-45(32-29-41)52-26-13-19-44-17-6-7-22-51(44)52/h1-39H. The highest BCUT2D eigenvalue weighted by atomic mass is 15.1. The van der Waals surface area contributed by atoms with E-state index in [4.69, 9.17) is 0 Å². The Bertz CT molecular complexity index is 2990. The summed E-state index contributed by atoms with van der Waals surface area (Å²) in [6, 6.07) is 85.6. The maximum atomic E-state index is 2.41. The lowest BCUT2D eigenvalue weighted by Gasteiger charge is -2.29. The molecule has 10 rings (SSSR count). The van der Waals surface area contributed by atoms with Gasteiger partial charge >= 0.3 is 0 Å². The van der Waals surface area contributed by atoms with Gasteiger partial charge in [0.25, 0.3) is 0 Å². The van der Waals surface area contributed by atoms with Gasteiger partial charge in [-0.1, -0.05) is 200 Å². The van der Waals surface area contributed by atoms with E-state index in [2.05, 4.69) is 241 Å². The normalized spacial score (nSPS) is 11.2. The molecule has 57 heavy (non-hydrogen) atoms. The summed E-state index contributed by atoms with van der Waals surface area (Å²) in [5, 5.41) is 5.01. The Morgan fingerprint density at radius 1 is 0.228 bits per heavy atom. The maximum Gasteiger partial charge on any atom is 0.0540 e. The molecular formula is C56H39N. The number of rotatable bonds is 8. The lowest BCUT2D eigenvalue weighted by molar-refractivity contribution is 1.28. The second-order valence-corrected chi connectivity index (χ2v) is 14.5. The summed E-state index contributed by atoms with van der Waals surface area (Å²) < 4.78 is 0. The predicted molar refractivity (Wildman–Crippen MR) is 243 cm³/mol. The second-order valence-electron chi connectivity index (χ2n) is 14.5. The molecule has 0 aliphatic carbocycles. The van der Waals surface area contributed by atoms with Gasteiger partial charge in [0.05, 0.1) is 5.69 Å². The Morgan fingerprint density at radius 2 is 0.737 bits per heavy atom. The molecule has 10 aromatic carbocycles. The minimum atomic E-state index is 1.09. The van der Waals surface area contributed by atoms with E-state index in [1.54, 1.807) is 0 Å². The summed E-state index contributed by atoms with van der Waals surface area (Å²) >= 11 is 0. The summed E-state index contributed by atoms with van der Waals surface area (Å²) in [4.78, 5) is 2.41. The van der Waals surface area contributed by atoms with E-state index in [1.165, 1.54) is 77.2 Å². The van der Waals surface area contributed by atoms with Crippen molar-refractivity contribution < 1.29 is 0 Å². The minimum Gasteiger partial charge on any atom is -0.310 e. The molecule has 0 atom stereocenters. The van der Waals surface area contributed by atoms with Crippen molar-refractivity contribution in [1.29, 1.82) is 0 Å². The number of anilines is 3. The van der Waals surface area contributed by atoms with Crippen molar-refractivity contribution in [3.8, 4) is 55.6 Å². The highest BCUT2D eigenvalue weighted by molar-refractivity contribution is 5.98. The quantitative estimate of drug-likeness (QED) is 0.151. The summed E-state index contributed by atoms with van der Waals surface area (Å²) in [5.41, 5.74) is 15.3. The van der Waals surface area contributed by atoms with Gasteiger partial charge in [0.15, 0.2) is 0 Å². The summed E-state index contributed by atoms with van der Waals surface area (Å²) in [7, 11) is 0. The van der Waals surface area contributed by atoms with Crippen LogP contribution in [0.1, 0.15) is 0 Å². The van der Waals surface area contributed by atoms with Gasteiger partial charge in [-0.05, 0) is 108 Å². The van der Waals surface area contributed by atoms with E-state index in [0.717, 1.165) is 17.1 Å². The Morgan fingerprint density at radius 3 is 1.54 bits per heavy atom. The van der Waals surface area contributed by atoms with Gasteiger partial charge in [-0.25, -0.2) is 0 Å². The second kappa shape index (κ2) is 15.0. The lowest BCUT2D eigenvalue weighted by atomic mass is 9.93. The van der Waals surface area contributed by atoms with Gasteiger partial charge in [-0.3, -0.25) is 0 Å². The van der Waals surface area contributed by atoms with E-state index in [9.17, 15) is 0 Å². The summed E-state index contributed by atoms with van der Waals surface area (Å²) in [6.07, 6.45) is 0. The van der Waals surface area contributed by atoms with Crippen molar-refractivity contribution in [1.82, 2.24) is 0 Å². The van der Waals surface area contributed by atoms with Gasteiger partial charge in [0, 0.05) is 16.9 Å². The van der Waals surface area contributed by atoms with E-state index < -0.39 is 0 Å². The molecule has 268 valence electrons. The van der Waals surface area contributed by atoms with E-state index in [-0.39, 0.29) is 0 Å². The Hall–Kier alpha value is -7.48. The zero-order valence-corrected chi connectivity index (χ0v) is 31.5. The smallest absolute Gasteiger partial charge is 0.0540 e. The maximum absolute atomic E-state index is 2.41. The average Bonchev–Trinajstić information content (AvgIpc) is 3.30. The SMILES string of the molecule is c1ccc(-c2ccccc2-c2ccccc2N(c2ccc(-c3ccc(-c4cccc5ccccc45)cc3)cc2)c2cccc(-c3ccc4ccccc4c3)c2)cc1. The number of benzene rings is 10. The summed E-state index contributed by atoms with van der Waals surface area (Å²) in [5.74, 6) is 0. The van der Waals surface area contributed by atoms with Gasteiger partial charge in [-0.15, -0.1) is 0 Å². The number of para-hydroxylation sites is 1. The highest BCUT2D eigenvalue weighted by Gasteiger charge is 2.20. The zero-order valence-electron chi connectivity index (χ0n) is 31.5. The van der Waals surface area contributed by atoms with E-state index >= 15 is 0 Å². The van der Waals surface area contributed by atoms with E-state index in [1.807, 2.05) is 0 Å². The van der Waals surface area contributed by atoms with Crippen molar-refractivity contribution >= 4 is 38.6 Å². The monoisotopic (exact) mass is 725 g/mol. The number of hydrogen-bond acceptors (Lipinski definition) is 1. The molecule has 0 aromatic heterocycles. The minimum absolute atomic E-state index is 1.09. The van der Waals surface area contributed by atoms with Crippen LogP contribution in [0.4, 0.5) is 17.1 Å². The van der Waals surface area contributed by atoms with Crippen LogP contribution in [0.3, 0.4) is 0 Å². The fourth-order valence-corrected chi connectivity index (χ4v) is 8.23. The molecule has 0 fully saturated rings. The molecule has 0 N–H and O–H groups in total. The van der Waals surface area contributed by atoms with Crippen LogP contribution in [-0.2, 0) is 0 Å². The van der Waals surface area contributed by atoms with Crippen molar-refractivity contribution in [2.75, 3.05) is 4.90 Å². The molecular weight excluding hydrogens is 687 g/mol. The van der Waals surface area contributed by atoms with Crippen LogP contribution in [0.25, 0.3) is 77.2 Å². The molecule has 0 unspecified atom stereocenters. The van der Waals surface area contributed by atoms with Crippen LogP contribution >= 0.6 is 0 Å². The zero-order chi connectivity index (χ0) is 38.0. The number of nitrogens with zero attached hydrogens (tertiary/aromatic N) is 1. The van der Waals surface area contributed by atoms with Gasteiger partial charge in [0.2, 0.25) is 0 Å². The first-order chi connectivity index (χ1) is 28.3. The van der Waals surface area contributed by atoms with Gasteiger partial charge in [0.1, 0.15) is 0 Å². The molecule has 0 aliphatic heterocycles. The fraction of sp³-hybridized carbons (Fsp3) is 0. The predicted octanol–water partition coefficient (Wildman–Crippen LogP) is 15.8. The third-order valence-corrected chi connectivity index (χ3v) is 11.1. The molecule has 0 amide bonds. The lowest BCUT2D eigenvalue weighted by Crippen LogP contribution is -2.11. The molecule has 0 spiro atoms. The van der Waals surface area contributed by atoms with E-state index in [0.29, 0.717) is 0 Å². The molecule has 0 aliphatic rings. The van der Waals surface area contributed by atoms with Crippen LogP contribution in [0.15, 0.2) is 237 Å². The van der Waals surface area contributed by atoms with Crippen molar-refractivity contribution in [2.24, 2.45) is 0 Å². The van der Waals surface area contributed by atoms with Crippen LogP contribution in [-0.4, -0.2) is 0 Å². The number of hydrogen-bond donors (Lipinski definition) is 0. The first-order valence-electron chi connectivity index (χ1n) is 19.6. The molecule has 0 radical (unpaired) electrons. The van der Waals surface area contributed by atoms with Crippen LogP contribution < -0.4 is 4.90 Å². The third-order valence-electron chi connectivity index (χ3n) is 11.1. The van der Waals surface area contributed by atoms with Crippen LogP contribution in [0, 0.1) is 0 Å². The first kappa shape index (κ1) is 34.0. The topological polar surface area (TPSA) is 3.24 Å². The van der Waals surface area contributed by atoms with Gasteiger partial charge < -0.3 is 4.90 Å². The fourth-order valence-electron chi connectivity index (χ4n) is 8.23. The van der Waals surface area contributed by atoms with Crippen molar-refractivity contribution in [2.45, 2.75) is 0 Å². The molecule has 10 aromatic rings. The van der Waals surface area contributed by atoms with Crippen LogP contribution in [0.2, 0.25) is 0 Å². The molecule has 0 saturated carbocycles. The molecule has 0 saturated heterocycles. The molecule has 1 heteroatoms. The first-order valence-corrected chi connectivity index (χ1v) is 19.6. The highest BCUT2D eigenvalue weighted by Crippen LogP contribution is 2.45.